The summed E-state index contributed by atoms with van der Waals surface area (Å²) in [6.45, 7) is 5.09. The van der Waals surface area contributed by atoms with Crippen molar-refractivity contribution in [2.45, 2.75) is 38.2 Å². The molecule has 0 spiro atoms. The fourth-order valence-corrected chi connectivity index (χ4v) is 5.05. The molecule has 6 rings (SSSR count). The van der Waals surface area contributed by atoms with Gasteiger partial charge in [0.2, 0.25) is 5.89 Å². The van der Waals surface area contributed by atoms with Gasteiger partial charge in [0.25, 0.3) is 5.91 Å². The van der Waals surface area contributed by atoms with Crippen LogP contribution in [0.25, 0.3) is 17.0 Å². The zero-order valence-corrected chi connectivity index (χ0v) is 20.1. The van der Waals surface area contributed by atoms with Gasteiger partial charge in [-0.15, -0.1) is 0 Å². The Bertz CT molecular complexity index is 1410. The van der Waals surface area contributed by atoms with E-state index in [9.17, 15) is 9.90 Å². The fraction of sp³-hybridized carbons (Fsp3) is 0.385. The molecule has 10 heteroatoms. The number of carbonyl (C=O) groups is 1. The predicted molar refractivity (Wildman–Crippen MR) is 135 cm³/mol. The molecule has 10 nitrogen and oxygen atoms in total. The number of fused-ring (bicyclic) bond motifs is 1. The number of anilines is 2. The molecule has 1 unspecified atom stereocenters. The lowest BCUT2D eigenvalue weighted by Gasteiger charge is -2.22. The Morgan fingerprint density at radius 1 is 1.22 bits per heavy atom. The molecule has 0 bridgehead atoms. The van der Waals surface area contributed by atoms with Crippen LogP contribution in [-0.2, 0) is 0 Å². The third-order valence-electron chi connectivity index (χ3n) is 6.99. The molecule has 2 saturated heterocycles. The normalized spacial score (nSPS) is 18.7. The molecule has 0 aliphatic carbocycles. The molecule has 1 atom stereocenters. The number of carbonyl (C=O) groups excluding carboxylic acids is 1. The second kappa shape index (κ2) is 9.36. The maximum atomic E-state index is 13.2. The first-order chi connectivity index (χ1) is 17.5. The van der Waals surface area contributed by atoms with Crippen molar-refractivity contribution in [2.75, 3.05) is 36.4 Å². The van der Waals surface area contributed by atoms with Gasteiger partial charge in [-0.05, 0) is 63.5 Å². The van der Waals surface area contributed by atoms with Crippen molar-refractivity contribution in [3.63, 3.8) is 0 Å². The van der Waals surface area contributed by atoms with E-state index in [0.29, 0.717) is 37.0 Å². The average Bonchev–Trinajstić information content (AvgIpc) is 3.63. The smallest absolute Gasteiger partial charge is 0.277 e. The lowest BCUT2D eigenvalue weighted by Crippen LogP contribution is -2.26. The first kappa shape index (κ1) is 22.7. The van der Waals surface area contributed by atoms with Crippen molar-refractivity contribution >= 4 is 22.8 Å². The second-order valence-electron chi connectivity index (χ2n) is 9.60. The van der Waals surface area contributed by atoms with Crippen molar-refractivity contribution in [2.24, 2.45) is 0 Å². The molecule has 1 amide bonds. The largest absolute Gasteiger partial charge is 0.444 e. The molecule has 6 heterocycles. The minimum atomic E-state index is -0.394. The molecule has 4 aromatic heterocycles. The number of nitrogens with one attached hydrogen (secondary N) is 2. The number of nitrogens with zero attached hydrogens (tertiary/aromatic N) is 5. The Labute approximate surface area is 208 Å². The Morgan fingerprint density at radius 3 is 2.86 bits per heavy atom. The lowest BCUT2D eigenvalue weighted by atomic mass is 9.95. The van der Waals surface area contributed by atoms with Crippen LogP contribution >= 0.6 is 0 Å². The van der Waals surface area contributed by atoms with Gasteiger partial charge in [-0.25, -0.2) is 9.50 Å². The molecular weight excluding hydrogens is 458 g/mol. The van der Waals surface area contributed by atoms with E-state index >= 15 is 0 Å². The molecule has 2 aliphatic rings. The lowest BCUT2D eigenvalue weighted by molar-refractivity contribution is 0.102. The van der Waals surface area contributed by atoms with Crippen molar-refractivity contribution < 1.29 is 14.3 Å². The van der Waals surface area contributed by atoms with Crippen LogP contribution in [0.5, 0.6) is 0 Å². The van der Waals surface area contributed by atoms with E-state index in [-0.39, 0.29) is 11.6 Å². The summed E-state index contributed by atoms with van der Waals surface area (Å²) < 4.78 is 7.47. The van der Waals surface area contributed by atoms with Crippen LogP contribution in [-0.4, -0.2) is 62.9 Å². The van der Waals surface area contributed by atoms with Crippen LogP contribution in [0.2, 0.25) is 0 Å². The van der Waals surface area contributed by atoms with E-state index in [1.807, 2.05) is 29.8 Å². The molecule has 0 radical (unpaired) electrons. The number of aromatic nitrogens is 4. The number of pyridine rings is 2. The van der Waals surface area contributed by atoms with Crippen LogP contribution in [0.15, 0.2) is 47.3 Å². The standard InChI is InChI=1S/C26H29N7O3/c1-16-10-18(4-8-28-16)26-30-23(15-36-26)25(35)29-22-12-19-11-21(17-2-6-27-7-3-17)31-33(19)14-24(22)32-9-5-20(34)13-32/h4,8,10-12,14-15,17,20,27,34H,2-3,5-7,9,13H2,1H3,(H,29,35). The number of amides is 1. The van der Waals surface area contributed by atoms with E-state index in [1.54, 1.807) is 12.3 Å². The quantitative estimate of drug-likeness (QED) is 0.393. The van der Waals surface area contributed by atoms with E-state index in [2.05, 4.69) is 31.6 Å². The van der Waals surface area contributed by atoms with Crippen molar-refractivity contribution in [3.8, 4) is 11.5 Å². The van der Waals surface area contributed by atoms with E-state index in [4.69, 9.17) is 9.52 Å². The van der Waals surface area contributed by atoms with Crippen LogP contribution in [0.1, 0.15) is 47.1 Å². The Morgan fingerprint density at radius 2 is 2.08 bits per heavy atom. The van der Waals surface area contributed by atoms with Gasteiger partial charge in [0.05, 0.1) is 34.9 Å². The summed E-state index contributed by atoms with van der Waals surface area (Å²) in [6.07, 6.45) is 7.41. The predicted octanol–water partition coefficient (Wildman–Crippen LogP) is 2.98. The summed E-state index contributed by atoms with van der Waals surface area (Å²) in [5.74, 6) is 0.428. The number of aryl methyl sites for hydroxylation is 1. The number of piperidine rings is 1. The second-order valence-corrected chi connectivity index (χ2v) is 9.60. The molecule has 186 valence electrons. The number of hydrogen-bond acceptors (Lipinski definition) is 8. The monoisotopic (exact) mass is 487 g/mol. The third kappa shape index (κ3) is 4.45. The molecule has 2 aliphatic heterocycles. The Balaban J connectivity index is 1.31. The highest BCUT2D eigenvalue weighted by atomic mass is 16.3. The third-order valence-corrected chi connectivity index (χ3v) is 6.99. The molecule has 0 saturated carbocycles. The molecule has 4 aromatic rings. The summed E-state index contributed by atoms with van der Waals surface area (Å²) in [4.78, 5) is 23.9. The van der Waals surface area contributed by atoms with Gasteiger partial charge in [0.15, 0.2) is 5.69 Å². The van der Waals surface area contributed by atoms with Gasteiger partial charge in [0.1, 0.15) is 6.26 Å². The zero-order chi connectivity index (χ0) is 24.6. The van der Waals surface area contributed by atoms with Crippen LogP contribution in [0.3, 0.4) is 0 Å². The summed E-state index contributed by atoms with van der Waals surface area (Å²) in [7, 11) is 0. The fourth-order valence-electron chi connectivity index (χ4n) is 5.05. The number of aliphatic hydroxyl groups is 1. The summed E-state index contributed by atoms with van der Waals surface area (Å²) in [6, 6.07) is 7.71. The first-order valence-corrected chi connectivity index (χ1v) is 12.4. The number of β-amino-alcohol motifs (C(OH)–C–C–N with tert-alkyl or cyclic N) is 1. The van der Waals surface area contributed by atoms with Gasteiger partial charge in [-0.1, -0.05) is 0 Å². The maximum absolute atomic E-state index is 13.2. The van der Waals surface area contributed by atoms with Crippen LogP contribution < -0.4 is 15.5 Å². The first-order valence-electron chi connectivity index (χ1n) is 12.4. The van der Waals surface area contributed by atoms with Crippen molar-refractivity contribution in [1.29, 1.82) is 0 Å². The average molecular weight is 488 g/mol. The van der Waals surface area contributed by atoms with Gasteiger partial charge >= 0.3 is 0 Å². The minimum Gasteiger partial charge on any atom is -0.444 e. The summed E-state index contributed by atoms with van der Waals surface area (Å²) in [5, 5.41) is 21.4. The van der Waals surface area contributed by atoms with Crippen LogP contribution in [0, 0.1) is 6.92 Å². The highest BCUT2D eigenvalue weighted by Crippen LogP contribution is 2.33. The van der Waals surface area contributed by atoms with Gasteiger partial charge in [-0.2, -0.15) is 5.10 Å². The molecule has 0 aromatic carbocycles. The number of oxazole rings is 1. The number of rotatable bonds is 5. The maximum Gasteiger partial charge on any atom is 0.277 e. The molecule has 2 fully saturated rings. The van der Waals surface area contributed by atoms with Crippen LogP contribution in [0.4, 0.5) is 11.4 Å². The number of hydrogen-bond donors (Lipinski definition) is 3. The Kier molecular flexibility index (Phi) is 5.90. The molecule has 3 N–H and O–H groups in total. The van der Waals surface area contributed by atoms with E-state index < -0.39 is 6.10 Å². The topological polar surface area (TPSA) is 121 Å². The zero-order valence-electron chi connectivity index (χ0n) is 20.1. The molecular formula is C26H29N7O3. The summed E-state index contributed by atoms with van der Waals surface area (Å²) >= 11 is 0. The van der Waals surface area contributed by atoms with Gasteiger partial charge < -0.3 is 25.1 Å². The Hall–Kier alpha value is -3.76. The highest BCUT2D eigenvalue weighted by molar-refractivity contribution is 6.05. The van der Waals surface area contributed by atoms with E-state index in [0.717, 1.165) is 54.1 Å². The number of aliphatic hydroxyl groups excluding tert-OH is 1. The SMILES string of the molecule is Cc1cc(-c2nc(C(=O)Nc3cc4cc(C5CCNCC5)nn4cc3N3CCC(O)C3)co2)ccn1. The molecule has 36 heavy (non-hydrogen) atoms. The summed E-state index contributed by atoms with van der Waals surface area (Å²) in [5.41, 5.74) is 5.25. The van der Waals surface area contributed by atoms with E-state index in [1.165, 1.54) is 6.26 Å². The minimum absolute atomic E-state index is 0.190. The van der Waals surface area contributed by atoms with Gasteiger partial charge in [0, 0.05) is 36.5 Å². The van der Waals surface area contributed by atoms with Gasteiger partial charge in [-0.3, -0.25) is 9.78 Å². The van der Waals surface area contributed by atoms with Crippen molar-refractivity contribution in [3.05, 3.63) is 60.0 Å². The highest BCUT2D eigenvalue weighted by Gasteiger charge is 2.26. The van der Waals surface area contributed by atoms with Crippen molar-refractivity contribution in [1.82, 2.24) is 24.9 Å².